The van der Waals surface area contributed by atoms with Crippen LogP contribution in [-0.2, 0) is 5.41 Å². The summed E-state index contributed by atoms with van der Waals surface area (Å²) >= 11 is 1.55. The molecule has 1 rings (SSSR count). The molecule has 0 spiro atoms. The zero-order valence-corrected chi connectivity index (χ0v) is 9.06. The van der Waals surface area contributed by atoms with Crippen molar-refractivity contribution < 1.29 is 0 Å². The van der Waals surface area contributed by atoms with Gasteiger partial charge in [-0.25, -0.2) is 9.97 Å². The van der Waals surface area contributed by atoms with E-state index in [9.17, 15) is 0 Å². The highest BCUT2D eigenvalue weighted by Crippen LogP contribution is 2.20. The van der Waals surface area contributed by atoms with E-state index >= 15 is 0 Å². The van der Waals surface area contributed by atoms with Crippen LogP contribution in [0.2, 0.25) is 0 Å². The molecular weight excluding hydrogens is 182 g/mol. The molecule has 0 radical (unpaired) electrons. The molecule has 0 atom stereocenters. The van der Waals surface area contributed by atoms with E-state index in [2.05, 4.69) is 23.8 Å². The fraction of sp³-hybridized carbons (Fsp3) is 0.556. The normalized spacial score (nSPS) is 11.7. The summed E-state index contributed by atoms with van der Waals surface area (Å²) in [6.45, 7) is 4.76. The van der Waals surface area contributed by atoms with E-state index < -0.39 is 0 Å². The largest absolute Gasteiger partial charge is 0.330 e. The van der Waals surface area contributed by atoms with Crippen LogP contribution in [0.5, 0.6) is 0 Å². The minimum atomic E-state index is -0.0621. The fourth-order valence-electron chi connectivity index (χ4n) is 0.921. The number of rotatable bonds is 3. The standard InChI is InChI=1S/C9H15N3S/c1-9(2,6-10)7-4-5-11-8(12-7)13-3/h4-5H,6,10H2,1-3H3. The lowest BCUT2D eigenvalue weighted by atomic mass is 9.89. The number of thioether (sulfide) groups is 1. The van der Waals surface area contributed by atoms with Crippen molar-refractivity contribution in [3.8, 4) is 0 Å². The average molecular weight is 197 g/mol. The van der Waals surface area contributed by atoms with Crippen LogP contribution in [0.3, 0.4) is 0 Å². The van der Waals surface area contributed by atoms with Crippen molar-refractivity contribution in [3.05, 3.63) is 18.0 Å². The summed E-state index contributed by atoms with van der Waals surface area (Å²) in [5.41, 5.74) is 6.61. The van der Waals surface area contributed by atoms with Gasteiger partial charge in [-0.05, 0) is 12.3 Å². The van der Waals surface area contributed by atoms with Gasteiger partial charge in [-0.2, -0.15) is 0 Å². The Labute approximate surface area is 83.2 Å². The Morgan fingerprint density at radius 2 is 2.23 bits per heavy atom. The second kappa shape index (κ2) is 4.07. The van der Waals surface area contributed by atoms with Crippen LogP contribution in [0.25, 0.3) is 0 Å². The van der Waals surface area contributed by atoms with E-state index in [0.29, 0.717) is 6.54 Å². The van der Waals surface area contributed by atoms with E-state index in [1.165, 1.54) is 0 Å². The molecule has 0 aromatic carbocycles. The molecule has 0 aliphatic heterocycles. The Morgan fingerprint density at radius 3 is 2.77 bits per heavy atom. The van der Waals surface area contributed by atoms with Crippen molar-refractivity contribution in [1.82, 2.24) is 9.97 Å². The summed E-state index contributed by atoms with van der Waals surface area (Å²) in [6, 6.07) is 1.92. The lowest BCUT2D eigenvalue weighted by molar-refractivity contribution is 0.514. The van der Waals surface area contributed by atoms with Crippen molar-refractivity contribution in [2.24, 2.45) is 5.73 Å². The molecule has 1 aromatic heterocycles. The van der Waals surface area contributed by atoms with E-state index in [4.69, 9.17) is 5.73 Å². The van der Waals surface area contributed by atoms with Gasteiger partial charge in [0.05, 0.1) is 5.69 Å². The molecule has 3 nitrogen and oxygen atoms in total. The molecule has 13 heavy (non-hydrogen) atoms. The van der Waals surface area contributed by atoms with Gasteiger partial charge in [0.2, 0.25) is 0 Å². The first-order chi connectivity index (χ1) is 6.10. The second-order valence-corrected chi connectivity index (χ2v) is 4.29. The summed E-state index contributed by atoms with van der Waals surface area (Å²) in [4.78, 5) is 8.52. The Kier molecular flexibility index (Phi) is 3.27. The molecule has 0 amide bonds. The molecule has 0 unspecified atom stereocenters. The summed E-state index contributed by atoms with van der Waals surface area (Å²) in [7, 11) is 0. The molecule has 0 bridgehead atoms. The van der Waals surface area contributed by atoms with E-state index in [-0.39, 0.29) is 5.41 Å². The lowest BCUT2D eigenvalue weighted by Crippen LogP contribution is -2.29. The Hall–Kier alpha value is -0.610. The van der Waals surface area contributed by atoms with Gasteiger partial charge in [0.1, 0.15) is 0 Å². The molecule has 0 saturated carbocycles. The highest BCUT2D eigenvalue weighted by Gasteiger charge is 2.20. The van der Waals surface area contributed by atoms with Crippen molar-refractivity contribution in [2.45, 2.75) is 24.4 Å². The zero-order valence-electron chi connectivity index (χ0n) is 8.24. The van der Waals surface area contributed by atoms with Crippen LogP contribution in [0.4, 0.5) is 0 Å². The third kappa shape index (κ3) is 2.42. The van der Waals surface area contributed by atoms with E-state index in [1.807, 2.05) is 12.3 Å². The van der Waals surface area contributed by atoms with Crippen LogP contribution in [0.15, 0.2) is 17.4 Å². The monoisotopic (exact) mass is 197 g/mol. The van der Waals surface area contributed by atoms with Crippen molar-refractivity contribution in [2.75, 3.05) is 12.8 Å². The highest BCUT2D eigenvalue weighted by molar-refractivity contribution is 7.98. The molecule has 1 heterocycles. The highest BCUT2D eigenvalue weighted by atomic mass is 32.2. The molecule has 2 N–H and O–H groups in total. The van der Waals surface area contributed by atoms with Crippen LogP contribution in [0, 0.1) is 0 Å². The van der Waals surface area contributed by atoms with Crippen LogP contribution in [-0.4, -0.2) is 22.8 Å². The lowest BCUT2D eigenvalue weighted by Gasteiger charge is -2.21. The summed E-state index contributed by atoms with van der Waals surface area (Å²) < 4.78 is 0. The topological polar surface area (TPSA) is 51.8 Å². The second-order valence-electron chi connectivity index (χ2n) is 3.52. The quantitative estimate of drug-likeness (QED) is 0.588. The summed E-state index contributed by atoms with van der Waals surface area (Å²) in [5, 5.41) is 0.805. The first-order valence-electron chi connectivity index (χ1n) is 4.18. The first-order valence-corrected chi connectivity index (χ1v) is 5.40. The van der Waals surface area contributed by atoms with Gasteiger partial charge < -0.3 is 5.73 Å². The molecule has 4 heteroatoms. The van der Waals surface area contributed by atoms with Crippen molar-refractivity contribution >= 4 is 11.8 Å². The molecule has 0 aliphatic rings. The van der Waals surface area contributed by atoms with Gasteiger partial charge in [-0.15, -0.1) is 0 Å². The average Bonchev–Trinajstić information content (AvgIpc) is 2.18. The minimum absolute atomic E-state index is 0.0621. The summed E-state index contributed by atoms with van der Waals surface area (Å²) in [6.07, 6.45) is 3.75. The van der Waals surface area contributed by atoms with Crippen LogP contribution < -0.4 is 5.73 Å². The van der Waals surface area contributed by atoms with Gasteiger partial charge in [-0.1, -0.05) is 25.6 Å². The van der Waals surface area contributed by atoms with Crippen LogP contribution >= 0.6 is 11.8 Å². The summed E-state index contributed by atoms with van der Waals surface area (Å²) in [5.74, 6) is 0. The number of nitrogens with two attached hydrogens (primary N) is 1. The maximum atomic E-state index is 5.66. The van der Waals surface area contributed by atoms with Crippen molar-refractivity contribution in [1.29, 1.82) is 0 Å². The van der Waals surface area contributed by atoms with Crippen molar-refractivity contribution in [3.63, 3.8) is 0 Å². The molecule has 0 fully saturated rings. The fourth-order valence-corrected chi connectivity index (χ4v) is 1.28. The van der Waals surface area contributed by atoms with Gasteiger partial charge in [0.25, 0.3) is 0 Å². The Balaban J connectivity index is 3.01. The molecule has 1 aromatic rings. The molecule has 0 aliphatic carbocycles. The number of hydrogen-bond acceptors (Lipinski definition) is 4. The van der Waals surface area contributed by atoms with Crippen LogP contribution in [0.1, 0.15) is 19.5 Å². The predicted molar refractivity (Wildman–Crippen MR) is 55.9 cm³/mol. The third-order valence-electron chi connectivity index (χ3n) is 2.02. The SMILES string of the molecule is CSc1nccc(C(C)(C)CN)n1. The zero-order chi connectivity index (χ0) is 9.90. The maximum Gasteiger partial charge on any atom is 0.187 e. The minimum Gasteiger partial charge on any atom is -0.330 e. The number of aromatic nitrogens is 2. The Bertz CT molecular complexity index is 286. The molecule has 72 valence electrons. The smallest absolute Gasteiger partial charge is 0.187 e. The maximum absolute atomic E-state index is 5.66. The first kappa shape index (κ1) is 10.5. The number of hydrogen-bond donors (Lipinski definition) is 1. The number of nitrogens with zero attached hydrogens (tertiary/aromatic N) is 2. The third-order valence-corrected chi connectivity index (χ3v) is 2.58. The Morgan fingerprint density at radius 1 is 1.54 bits per heavy atom. The van der Waals surface area contributed by atoms with E-state index in [1.54, 1.807) is 18.0 Å². The molecule has 0 saturated heterocycles. The van der Waals surface area contributed by atoms with Gasteiger partial charge in [0.15, 0.2) is 5.16 Å². The van der Waals surface area contributed by atoms with Gasteiger partial charge in [-0.3, -0.25) is 0 Å². The molecular formula is C9H15N3S. The van der Waals surface area contributed by atoms with Gasteiger partial charge in [0, 0.05) is 18.2 Å². The predicted octanol–water partition coefficient (Wildman–Crippen LogP) is 1.43. The van der Waals surface area contributed by atoms with Gasteiger partial charge >= 0.3 is 0 Å². The van der Waals surface area contributed by atoms with E-state index in [0.717, 1.165) is 10.9 Å².